The van der Waals surface area contributed by atoms with Crippen molar-refractivity contribution < 1.29 is 4.39 Å². The lowest BCUT2D eigenvalue weighted by Crippen LogP contribution is -2.24. The number of benzene rings is 1. The Morgan fingerprint density at radius 3 is 2.05 bits per heavy atom. The van der Waals surface area contributed by atoms with Gasteiger partial charge in [-0.15, -0.1) is 0 Å². The molecule has 1 aromatic rings. The van der Waals surface area contributed by atoms with E-state index in [0.29, 0.717) is 16.5 Å². The first-order valence-corrected chi connectivity index (χ1v) is 9.38. The largest absolute Gasteiger partial charge is 0.205 e. The molecule has 2 heteroatoms. The normalized spacial score (nSPS) is 32.9. The van der Waals surface area contributed by atoms with Crippen molar-refractivity contribution in [3.63, 3.8) is 0 Å². The van der Waals surface area contributed by atoms with Gasteiger partial charge in [0.15, 0.2) is 0 Å². The highest BCUT2D eigenvalue weighted by Gasteiger charge is 2.31. The summed E-state index contributed by atoms with van der Waals surface area (Å²) in [6.07, 6.45) is 10.6. The third-order valence-electron chi connectivity index (χ3n) is 6.24. The Morgan fingerprint density at radius 1 is 0.909 bits per heavy atom. The summed E-state index contributed by atoms with van der Waals surface area (Å²) in [5, 5.41) is 0.370. The van der Waals surface area contributed by atoms with Crippen LogP contribution in [0.25, 0.3) is 0 Å². The van der Waals surface area contributed by atoms with Crippen molar-refractivity contribution in [3.8, 4) is 0 Å². The first kappa shape index (κ1) is 16.3. The van der Waals surface area contributed by atoms with Crippen LogP contribution in [-0.2, 0) is 0 Å². The van der Waals surface area contributed by atoms with Gasteiger partial charge in [0.05, 0.1) is 5.02 Å². The van der Waals surface area contributed by atoms with Crippen molar-refractivity contribution in [3.05, 3.63) is 34.1 Å². The Bertz CT molecular complexity index is 509. The molecule has 2 aliphatic rings. The van der Waals surface area contributed by atoms with Gasteiger partial charge in [-0.05, 0) is 80.2 Å². The van der Waals surface area contributed by atoms with Gasteiger partial charge in [-0.3, -0.25) is 0 Å². The van der Waals surface area contributed by atoms with Crippen LogP contribution in [0.3, 0.4) is 0 Å². The molecule has 22 heavy (non-hydrogen) atoms. The van der Waals surface area contributed by atoms with E-state index >= 15 is 0 Å². The number of rotatable bonds is 2. The minimum atomic E-state index is -0.220. The van der Waals surface area contributed by atoms with Gasteiger partial charge in [0.1, 0.15) is 5.82 Å². The average Bonchev–Trinajstić information content (AvgIpc) is 2.54. The van der Waals surface area contributed by atoms with Crippen LogP contribution < -0.4 is 0 Å². The molecule has 0 N–H and O–H groups in total. The zero-order valence-corrected chi connectivity index (χ0v) is 14.6. The molecule has 0 amide bonds. The van der Waals surface area contributed by atoms with E-state index in [1.54, 1.807) is 6.92 Å². The highest BCUT2D eigenvalue weighted by atomic mass is 35.5. The second-order valence-electron chi connectivity index (χ2n) is 7.73. The van der Waals surface area contributed by atoms with Gasteiger partial charge in [-0.2, -0.15) is 0 Å². The van der Waals surface area contributed by atoms with Gasteiger partial charge in [0.25, 0.3) is 0 Å². The van der Waals surface area contributed by atoms with Gasteiger partial charge in [-0.25, -0.2) is 4.39 Å². The van der Waals surface area contributed by atoms with Gasteiger partial charge in [0.2, 0.25) is 0 Å². The fraction of sp³-hybridized carbons (Fsp3) is 0.700. The second kappa shape index (κ2) is 6.91. The summed E-state index contributed by atoms with van der Waals surface area (Å²) in [6, 6.07) is 3.93. The molecular formula is C20H28ClF. The van der Waals surface area contributed by atoms with Crippen LogP contribution in [0.15, 0.2) is 12.1 Å². The first-order valence-electron chi connectivity index (χ1n) is 9.00. The molecular weight excluding hydrogens is 295 g/mol. The Hall–Kier alpha value is -0.560. The number of hydrogen-bond acceptors (Lipinski definition) is 0. The summed E-state index contributed by atoms with van der Waals surface area (Å²) in [4.78, 5) is 0. The number of aryl methyl sites for hydroxylation is 1. The standard InChI is InChI=1S/C20H28ClF/c1-13-3-6-15(7-4-13)16-8-10-17(11-9-16)18-12-5-14(2)20(22)19(18)21/h5,12-13,15-17H,3-4,6-11H2,1-2H3. The molecule has 0 aliphatic heterocycles. The van der Waals surface area contributed by atoms with Gasteiger partial charge >= 0.3 is 0 Å². The van der Waals surface area contributed by atoms with E-state index < -0.39 is 0 Å². The third kappa shape index (κ3) is 3.35. The maximum absolute atomic E-state index is 14.0. The van der Waals surface area contributed by atoms with E-state index in [9.17, 15) is 4.39 Å². The molecule has 0 nitrogen and oxygen atoms in total. The lowest BCUT2D eigenvalue weighted by molar-refractivity contribution is 0.165. The summed E-state index contributed by atoms with van der Waals surface area (Å²) >= 11 is 6.26. The molecule has 2 saturated carbocycles. The lowest BCUT2D eigenvalue weighted by atomic mass is 9.68. The van der Waals surface area contributed by atoms with Crippen molar-refractivity contribution in [2.24, 2.45) is 17.8 Å². The Balaban J connectivity index is 1.61. The quantitative estimate of drug-likeness (QED) is 0.556. The zero-order chi connectivity index (χ0) is 15.7. The maximum Gasteiger partial charge on any atom is 0.144 e. The van der Waals surface area contributed by atoms with Crippen LogP contribution in [-0.4, -0.2) is 0 Å². The predicted octanol–water partition coefficient (Wildman–Crippen LogP) is 6.89. The highest BCUT2D eigenvalue weighted by Crippen LogP contribution is 2.45. The van der Waals surface area contributed by atoms with Gasteiger partial charge in [0, 0.05) is 0 Å². The minimum absolute atomic E-state index is 0.220. The molecule has 0 heterocycles. The molecule has 0 unspecified atom stereocenters. The molecule has 0 bridgehead atoms. The Morgan fingerprint density at radius 2 is 1.45 bits per heavy atom. The molecule has 2 fully saturated rings. The smallest absolute Gasteiger partial charge is 0.144 e. The predicted molar refractivity (Wildman–Crippen MR) is 92.0 cm³/mol. The summed E-state index contributed by atoms with van der Waals surface area (Å²) in [5.41, 5.74) is 1.69. The van der Waals surface area contributed by atoms with E-state index in [4.69, 9.17) is 11.6 Å². The van der Waals surface area contributed by atoms with E-state index in [0.717, 1.165) is 23.3 Å². The second-order valence-corrected chi connectivity index (χ2v) is 8.11. The van der Waals surface area contributed by atoms with Crippen LogP contribution in [0.2, 0.25) is 5.02 Å². The molecule has 122 valence electrons. The topological polar surface area (TPSA) is 0 Å². The van der Waals surface area contributed by atoms with E-state index in [-0.39, 0.29) is 5.82 Å². The summed E-state index contributed by atoms with van der Waals surface area (Å²) < 4.78 is 14.0. The van der Waals surface area contributed by atoms with E-state index in [1.807, 2.05) is 12.1 Å². The summed E-state index contributed by atoms with van der Waals surface area (Å²) in [7, 11) is 0. The van der Waals surface area contributed by atoms with Gasteiger partial charge in [-0.1, -0.05) is 43.5 Å². The molecule has 0 radical (unpaired) electrons. The first-order chi connectivity index (χ1) is 10.6. The van der Waals surface area contributed by atoms with Crippen LogP contribution in [0.4, 0.5) is 4.39 Å². The van der Waals surface area contributed by atoms with Crippen molar-refractivity contribution in [1.29, 1.82) is 0 Å². The maximum atomic E-state index is 14.0. The van der Waals surface area contributed by atoms with Crippen molar-refractivity contribution in [2.75, 3.05) is 0 Å². The molecule has 1 aromatic carbocycles. The molecule has 2 aliphatic carbocycles. The fourth-order valence-electron chi connectivity index (χ4n) is 4.64. The summed E-state index contributed by atoms with van der Waals surface area (Å²) in [6.45, 7) is 4.17. The van der Waals surface area contributed by atoms with Crippen molar-refractivity contribution in [1.82, 2.24) is 0 Å². The molecule has 3 rings (SSSR count). The highest BCUT2D eigenvalue weighted by molar-refractivity contribution is 6.31. The van der Waals surface area contributed by atoms with Crippen LogP contribution in [0, 0.1) is 30.5 Å². The zero-order valence-electron chi connectivity index (χ0n) is 13.9. The fourth-order valence-corrected chi connectivity index (χ4v) is 5.00. The monoisotopic (exact) mass is 322 g/mol. The summed E-state index contributed by atoms with van der Waals surface area (Å²) in [5.74, 6) is 3.02. The molecule has 0 spiro atoms. The van der Waals surface area contributed by atoms with Crippen LogP contribution in [0.5, 0.6) is 0 Å². The van der Waals surface area contributed by atoms with E-state index in [1.165, 1.54) is 51.4 Å². The minimum Gasteiger partial charge on any atom is -0.205 e. The van der Waals surface area contributed by atoms with Crippen LogP contribution in [0.1, 0.15) is 75.3 Å². The molecule has 0 aromatic heterocycles. The van der Waals surface area contributed by atoms with Crippen LogP contribution >= 0.6 is 11.6 Å². The molecule has 0 atom stereocenters. The third-order valence-corrected chi connectivity index (χ3v) is 6.63. The number of hydrogen-bond donors (Lipinski definition) is 0. The Kier molecular flexibility index (Phi) is 5.12. The molecule has 0 saturated heterocycles. The SMILES string of the molecule is Cc1ccc(C2CCC(C3CCC(C)CC3)CC2)c(Cl)c1F. The number of halogens is 2. The lowest BCUT2D eigenvalue weighted by Gasteiger charge is -2.37. The Labute approximate surface area is 139 Å². The van der Waals surface area contributed by atoms with Crippen molar-refractivity contribution in [2.45, 2.75) is 71.1 Å². The van der Waals surface area contributed by atoms with Gasteiger partial charge < -0.3 is 0 Å². The average molecular weight is 323 g/mol. The van der Waals surface area contributed by atoms with Crippen molar-refractivity contribution >= 4 is 11.6 Å². The van der Waals surface area contributed by atoms with E-state index in [2.05, 4.69) is 6.92 Å².